The number of allylic oxidation sites excluding steroid dienone is 1. The maximum Gasteiger partial charge on any atom is 0.407 e. The van der Waals surface area contributed by atoms with Crippen molar-refractivity contribution in [2.45, 2.75) is 57.9 Å². The highest BCUT2D eigenvalue weighted by Gasteiger charge is 2.40. The minimum Gasteiger partial charge on any atom is -0.465 e. The van der Waals surface area contributed by atoms with Crippen molar-refractivity contribution in [3.63, 3.8) is 0 Å². The predicted molar refractivity (Wildman–Crippen MR) is 139 cm³/mol. The van der Waals surface area contributed by atoms with Gasteiger partial charge in [-0.2, -0.15) is 5.26 Å². The number of nitrogens with zero attached hydrogens (tertiary/aromatic N) is 4. The molecule has 0 saturated carbocycles. The average Bonchev–Trinajstić information content (AvgIpc) is 3.26. The number of hydrogen-bond acceptors (Lipinski definition) is 4. The summed E-state index contributed by atoms with van der Waals surface area (Å²) in [6, 6.07) is 9.74. The smallest absolute Gasteiger partial charge is 0.407 e. The summed E-state index contributed by atoms with van der Waals surface area (Å²) in [6.07, 6.45) is 8.07. The molecule has 1 aliphatic carbocycles. The highest BCUT2D eigenvalue weighted by atomic mass is 16.4. The molecule has 8 heteroatoms. The Balaban J connectivity index is 1.30. The fourth-order valence-electron chi connectivity index (χ4n) is 6.31. The lowest BCUT2D eigenvalue weighted by Gasteiger charge is -2.40. The molecule has 3 heterocycles. The zero-order valence-corrected chi connectivity index (χ0v) is 21.4. The molecule has 3 aliphatic rings. The molecule has 1 saturated heterocycles. The van der Waals surface area contributed by atoms with Crippen molar-refractivity contribution in [3.05, 3.63) is 76.4 Å². The number of carbonyl (C=O) groups excluding carboxylic acids is 1. The molecule has 2 aromatic rings. The minimum absolute atomic E-state index is 0.112. The van der Waals surface area contributed by atoms with Gasteiger partial charge in [0.1, 0.15) is 0 Å². The van der Waals surface area contributed by atoms with Gasteiger partial charge in [-0.15, -0.1) is 0 Å². The lowest BCUT2D eigenvalue weighted by atomic mass is 9.75. The number of likely N-dealkylation sites (tertiary alicyclic amines) is 1. The first-order chi connectivity index (χ1) is 17.8. The highest BCUT2D eigenvalue weighted by molar-refractivity contribution is 5.85. The van der Waals surface area contributed by atoms with E-state index in [9.17, 15) is 20.0 Å². The fraction of sp³-hybridized carbons (Fsp3) is 0.448. The molecular weight excluding hydrogens is 466 g/mol. The van der Waals surface area contributed by atoms with E-state index in [2.05, 4.69) is 16.0 Å². The van der Waals surface area contributed by atoms with Crippen molar-refractivity contribution in [2.75, 3.05) is 19.6 Å². The molecule has 192 valence electrons. The number of benzene rings is 1. The number of nitrogens with one attached hydrogen (secondary N) is 1. The van der Waals surface area contributed by atoms with E-state index in [0.717, 1.165) is 46.5 Å². The first-order valence-corrected chi connectivity index (χ1v) is 13.0. The summed E-state index contributed by atoms with van der Waals surface area (Å²) in [5, 5.41) is 19.4. The van der Waals surface area contributed by atoms with Crippen LogP contribution in [0.1, 0.15) is 61.5 Å². The number of aromatic amines is 1. The number of imidazole rings is 1. The Labute approximate surface area is 217 Å². The second-order valence-corrected chi connectivity index (χ2v) is 10.7. The predicted octanol–water partition coefficient (Wildman–Crippen LogP) is 4.42. The Morgan fingerprint density at radius 1 is 1.22 bits per heavy atom. The van der Waals surface area contributed by atoms with E-state index in [1.165, 1.54) is 4.90 Å². The summed E-state index contributed by atoms with van der Waals surface area (Å²) in [5.74, 6) is 0.397. The van der Waals surface area contributed by atoms with Crippen LogP contribution in [-0.2, 0) is 17.6 Å². The van der Waals surface area contributed by atoms with Crippen molar-refractivity contribution in [3.8, 4) is 6.07 Å². The van der Waals surface area contributed by atoms with E-state index >= 15 is 0 Å². The molecule has 37 heavy (non-hydrogen) atoms. The molecule has 1 aromatic carbocycles. The highest BCUT2D eigenvalue weighted by Crippen LogP contribution is 2.40. The SMILES string of the molecule is CC1=C(C2Cc3[nH]cnc3CCN2C(=O)O)C=CC(C)(C(=O)N2CCC(c3ccccc3C#N)CC2)C1. The van der Waals surface area contributed by atoms with Crippen LogP contribution in [0.15, 0.2) is 53.9 Å². The number of H-pyrrole nitrogens is 1. The first kappa shape index (κ1) is 24.8. The van der Waals surface area contributed by atoms with Gasteiger partial charge in [0.25, 0.3) is 0 Å². The summed E-state index contributed by atoms with van der Waals surface area (Å²) in [7, 11) is 0. The number of piperidine rings is 1. The van der Waals surface area contributed by atoms with Gasteiger partial charge in [0.15, 0.2) is 0 Å². The lowest BCUT2D eigenvalue weighted by Crippen LogP contribution is -2.47. The Morgan fingerprint density at radius 3 is 2.68 bits per heavy atom. The van der Waals surface area contributed by atoms with Gasteiger partial charge in [-0.05, 0) is 56.2 Å². The zero-order chi connectivity index (χ0) is 26.2. The molecule has 0 spiro atoms. The van der Waals surface area contributed by atoms with Crippen LogP contribution in [0.5, 0.6) is 0 Å². The quantitative estimate of drug-likeness (QED) is 0.649. The molecule has 2 aliphatic heterocycles. The molecule has 5 rings (SSSR count). The van der Waals surface area contributed by atoms with Crippen LogP contribution in [0.25, 0.3) is 0 Å². The molecule has 1 aromatic heterocycles. The Kier molecular flexibility index (Phi) is 6.63. The zero-order valence-electron chi connectivity index (χ0n) is 21.4. The van der Waals surface area contributed by atoms with Crippen LogP contribution in [0.3, 0.4) is 0 Å². The second-order valence-electron chi connectivity index (χ2n) is 10.7. The normalized spacial score (nSPS) is 24.4. The third-order valence-electron chi connectivity index (χ3n) is 8.32. The van der Waals surface area contributed by atoms with E-state index in [0.29, 0.717) is 38.9 Å². The van der Waals surface area contributed by atoms with E-state index in [-0.39, 0.29) is 17.9 Å². The van der Waals surface area contributed by atoms with E-state index in [4.69, 9.17) is 0 Å². The lowest BCUT2D eigenvalue weighted by molar-refractivity contribution is -0.139. The van der Waals surface area contributed by atoms with Gasteiger partial charge >= 0.3 is 6.09 Å². The third kappa shape index (κ3) is 4.66. The molecular formula is C29H33N5O3. The monoisotopic (exact) mass is 499 g/mol. The van der Waals surface area contributed by atoms with Crippen LogP contribution in [-0.4, -0.2) is 62.6 Å². The molecule has 8 nitrogen and oxygen atoms in total. The topological polar surface area (TPSA) is 113 Å². The Morgan fingerprint density at radius 2 is 1.97 bits per heavy atom. The summed E-state index contributed by atoms with van der Waals surface area (Å²) in [6.45, 7) is 5.73. The van der Waals surface area contributed by atoms with Crippen molar-refractivity contribution in [1.29, 1.82) is 5.26 Å². The number of hydrogen-bond donors (Lipinski definition) is 2. The number of nitriles is 1. The largest absolute Gasteiger partial charge is 0.465 e. The average molecular weight is 500 g/mol. The summed E-state index contributed by atoms with van der Waals surface area (Å²) in [5.41, 5.74) is 5.07. The third-order valence-corrected chi connectivity index (χ3v) is 8.32. The van der Waals surface area contributed by atoms with Crippen LogP contribution in [0.2, 0.25) is 0 Å². The number of fused-ring (bicyclic) bond motifs is 1. The Hall–Kier alpha value is -3.86. The van der Waals surface area contributed by atoms with E-state index < -0.39 is 11.5 Å². The maximum atomic E-state index is 13.7. The standard InChI is InChI=1S/C29H33N5O3/c1-19-16-29(2,27(35)33-12-8-20(9-13-33)23-6-4-3-5-21(23)17-30)11-7-22(19)26-15-25-24(31-18-32-25)10-14-34(26)28(36)37/h3-7,11,18,20,26H,8-10,12-16H2,1-2H3,(H,31,32)(H,36,37). The fourth-order valence-corrected chi connectivity index (χ4v) is 6.31. The Bertz CT molecular complexity index is 1310. The summed E-state index contributed by atoms with van der Waals surface area (Å²) >= 11 is 0. The maximum absolute atomic E-state index is 13.7. The van der Waals surface area contributed by atoms with Crippen LogP contribution >= 0.6 is 0 Å². The minimum atomic E-state index is -0.936. The number of amides is 2. The summed E-state index contributed by atoms with van der Waals surface area (Å²) < 4.78 is 0. The van der Waals surface area contributed by atoms with E-state index in [1.807, 2.05) is 55.2 Å². The van der Waals surface area contributed by atoms with E-state index in [1.54, 1.807) is 6.33 Å². The number of carboxylic acid groups (broad SMARTS) is 1. The van der Waals surface area contributed by atoms with Gasteiger partial charge in [0.2, 0.25) is 5.91 Å². The van der Waals surface area contributed by atoms with Crippen molar-refractivity contribution < 1.29 is 14.7 Å². The van der Waals surface area contributed by atoms with Gasteiger partial charge in [-0.25, -0.2) is 9.78 Å². The van der Waals surface area contributed by atoms with Gasteiger partial charge in [-0.3, -0.25) is 4.79 Å². The second kappa shape index (κ2) is 9.89. The number of carbonyl (C=O) groups is 2. The van der Waals surface area contributed by atoms with Gasteiger partial charge < -0.3 is 19.9 Å². The first-order valence-electron chi connectivity index (χ1n) is 13.0. The molecule has 2 atom stereocenters. The molecule has 0 radical (unpaired) electrons. The van der Waals surface area contributed by atoms with Gasteiger partial charge in [-0.1, -0.05) is 35.9 Å². The molecule has 2 N–H and O–H groups in total. The molecule has 2 unspecified atom stereocenters. The summed E-state index contributed by atoms with van der Waals surface area (Å²) in [4.78, 5) is 36.8. The molecule has 0 bridgehead atoms. The number of aromatic nitrogens is 2. The van der Waals surface area contributed by atoms with Crippen LogP contribution in [0.4, 0.5) is 4.79 Å². The van der Waals surface area contributed by atoms with Crippen LogP contribution < -0.4 is 0 Å². The molecule has 2 amide bonds. The number of rotatable bonds is 3. The van der Waals surface area contributed by atoms with Crippen molar-refractivity contribution in [1.82, 2.24) is 19.8 Å². The van der Waals surface area contributed by atoms with Gasteiger partial charge in [0, 0.05) is 38.2 Å². The van der Waals surface area contributed by atoms with Gasteiger partial charge in [0.05, 0.1) is 35.1 Å². The van der Waals surface area contributed by atoms with Crippen molar-refractivity contribution >= 4 is 12.0 Å². The molecule has 1 fully saturated rings. The van der Waals surface area contributed by atoms with Crippen LogP contribution in [0, 0.1) is 16.7 Å². The van der Waals surface area contributed by atoms with Crippen molar-refractivity contribution in [2.24, 2.45) is 5.41 Å².